The third kappa shape index (κ3) is 17.8. The van der Waals surface area contributed by atoms with Crippen LogP contribution in [0.2, 0.25) is 0 Å². The monoisotopic (exact) mass is 1070 g/mol. The molecule has 0 fully saturated rings. The van der Waals surface area contributed by atoms with E-state index in [4.69, 9.17) is 9.47 Å². The molecule has 0 atom stereocenters. The molecule has 0 amide bonds. The smallest absolute Gasteiger partial charge is 0.304 e. The summed E-state index contributed by atoms with van der Waals surface area (Å²) in [6.45, 7) is 0. The van der Waals surface area contributed by atoms with Crippen LogP contribution in [0, 0.1) is 35.4 Å². The molecular formula is C36H22F16IrN4O2P. The van der Waals surface area contributed by atoms with Crippen LogP contribution in [0.4, 0.5) is 69.1 Å². The summed E-state index contributed by atoms with van der Waals surface area (Å²) in [7, 11) is -7.41. The van der Waals surface area contributed by atoms with Crippen molar-refractivity contribution in [2.45, 2.75) is 12.4 Å². The van der Waals surface area contributed by atoms with Gasteiger partial charge >= 0.3 is 65.4 Å². The third-order valence-corrected chi connectivity index (χ3v) is 6.61. The van der Waals surface area contributed by atoms with Crippen LogP contribution in [0.1, 0.15) is 11.1 Å². The van der Waals surface area contributed by atoms with Gasteiger partial charge in [-0.25, -0.2) is 0 Å². The van der Waals surface area contributed by atoms with Crippen LogP contribution >= 0.6 is 7.81 Å². The van der Waals surface area contributed by atoms with Crippen molar-refractivity contribution in [3.63, 3.8) is 0 Å². The molecule has 4 aromatic heterocycles. The first-order valence-corrected chi connectivity index (χ1v) is 17.4. The number of nitrogens with zero attached hydrogens (tertiary/aromatic N) is 4. The van der Waals surface area contributed by atoms with Crippen molar-refractivity contribution in [1.29, 1.82) is 0 Å². The molecule has 0 saturated carbocycles. The number of benzene rings is 2. The minimum atomic E-state index is -10.7. The van der Waals surface area contributed by atoms with Crippen molar-refractivity contribution < 1.29 is 98.7 Å². The maximum Gasteiger partial charge on any atom is 3.00 e. The molecule has 0 bridgehead atoms. The Balaban J connectivity index is 0.000000286. The van der Waals surface area contributed by atoms with Gasteiger partial charge in [0.2, 0.25) is 0 Å². The number of hydrogen-bond donors (Lipinski definition) is 0. The number of ether oxygens (including phenoxy) is 2. The molecule has 2 aromatic carbocycles. The van der Waals surface area contributed by atoms with Gasteiger partial charge in [0, 0.05) is 60.2 Å². The Morgan fingerprint density at radius 3 is 1.08 bits per heavy atom. The molecule has 6 aromatic rings. The molecule has 60 heavy (non-hydrogen) atoms. The maximum absolute atomic E-state index is 13.3. The zero-order chi connectivity index (χ0) is 44.5. The number of methoxy groups -OCH3 is 2. The quantitative estimate of drug-likeness (QED) is 0.0973. The fourth-order valence-corrected chi connectivity index (χ4v) is 4.06. The van der Waals surface area contributed by atoms with E-state index in [1.807, 2.05) is 12.1 Å². The van der Waals surface area contributed by atoms with Gasteiger partial charge in [0.05, 0.1) is 36.7 Å². The second-order valence-corrected chi connectivity index (χ2v) is 13.0. The van der Waals surface area contributed by atoms with E-state index in [-0.39, 0.29) is 42.6 Å². The van der Waals surface area contributed by atoms with Gasteiger partial charge in [-0.15, -0.1) is 24.3 Å². The predicted molar refractivity (Wildman–Crippen MR) is 181 cm³/mol. The Hall–Kier alpha value is -5.40. The summed E-state index contributed by atoms with van der Waals surface area (Å²) in [5, 5.41) is 0. The largest absolute Gasteiger partial charge is 3.00 e. The molecule has 4 heterocycles. The minimum Gasteiger partial charge on any atom is -0.304 e. The normalized spacial score (nSPS) is 12.3. The second-order valence-electron chi connectivity index (χ2n) is 11.1. The van der Waals surface area contributed by atoms with Crippen molar-refractivity contribution in [1.82, 2.24) is 19.9 Å². The average Bonchev–Trinajstić information content (AvgIpc) is 3.14. The Bertz CT molecular complexity index is 2170. The van der Waals surface area contributed by atoms with Gasteiger partial charge in [0.1, 0.15) is 11.5 Å². The molecule has 0 aliphatic rings. The molecule has 0 N–H and O–H groups in total. The average molecular weight is 1070 g/mol. The molecule has 6 rings (SSSR count). The van der Waals surface area contributed by atoms with E-state index in [1.165, 1.54) is 0 Å². The Morgan fingerprint density at radius 1 is 0.500 bits per heavy atom. The van der Waals surface area contributed by atoms with Crippen molar-refractivity contribution >= 4 is 7.81 Å². The number of alkyl halides is 6. The van der Waals surface area contributed by atoms with Crippen molar-refractivity contribution in [2.24, 2.45) is 0 Å². The van der Waals surface area contributed by atoms with E-state index in [1.54, 1.807) is 38.7 Å². The van der Waals surface area contributed by atoms with Crippen molar-refractivity contribution in [3.8, 4) is 45.4 Å². The number of hydrogen-bond acceptors (Lipinski definition) is 6. The van der Waals surface area contributed by atoms with Gasteiger partial charge in [-0.2, -0.15) is 26.3 Å². The molecule has 0 unspecified atom stereocenters. The molecule has 0 aliphatic carbocycles. The Kier molecular flexibility index (Phi) is 16.3. The van der Waals surface area contributed by atoms with Crippen LogP contribution in [0.25, 0.3) is 33.9 Å². The maximum atomic E-state index is 13.3. The van der Waals surface area contributed by atoms with Crippen molar-refractivity contribution in [3.05, 3.63) is 144 Å². The van der Waals surface area contributed by atoms with Gasteiger partial charge in [0.25, 0.3) is 0 Å². The summed E-state index contributed by atoms with van der Waals surface area (Å²) in [5.74, 6) is -1.97. The summed E-state index contributed by atoms with van der Waals surface area (Å²) in [5.41, 5.74) is -0.782. The van der Waals surface area contributed by atoms with E-state index in [2.05, 4.69) is 32.1 Å². The van der Waals surface area contributed by atoms with E-state index < -0.39 is 54.6 Å². The molecular weight excluding hydrogens is 1050 g/mol. The van der Waals surface area contributed by atoms with Gasteiger partial charge < -0.3 is 19.4 Å². The summed E-state index contributed by atoms with van der Waals surface area (Å²) >= 11 is 0. The summed E-state index contributed by atoms with van der Waals surface area (Å²) in [6, 6.07) is 18.4. The Labute approximate surface area is 341 Å². The fraction of sp³-hybridized carbons (Fsp3) is 0.111. The van der Waals surface area contributed by atoms with Crippen LogP contribution in [-0.4, -0.2) is 34.2 Å². The number of halogens is 16. The van der Waals surface area contributed by atoms with E-state index in [0.717, 1.165) is 59.3 Å². The summed E-state index contributed by atoms with van der Waals surface area (Å²) in [6.07, 6.45) is -4.45. The molecule has 0 radical (unpaired) electrons. The molecule has 0 spiro atoms. The summed E-state index contributed by atoms with van der Waals surface area (Å²) < 4.78 is 195. The van der Waals surface area contributed by atoms with Gasteiger partial charge in [-0.1, -0.05) is 47.5 Å². The zero-order valence-corrected chi connectivity index (χ0v) is 33.0. The van der Waals surface area contributed by atoms with E-state index >= 15 is 0 Å². The van der Waals surface area contributed by atoms with Crippen molar-refractivity contribution in [2.75, 3.05) is 14.2 Å². The molecule has 0 aliphatic heterocycles. The zero-order valence-electron chi connectivity index (χ0n) is 29.7. The number of pyridine rings is 4. The first kappa shape index (κ1) is 50.7. The van der Waals surface area contributed by atoms with Gasteiger partial charge in [-0.05, 0) is 23.5 Å². The van der Waals surface area contributed by atoms with Crippen LogP contribution < -0.4 is 9.47 Å². The van der Waals surface area contributed by atoms with E-state index in [9.17, 15) is 69.1 Å². The molecule has 0 saturated heterocycles. The molecule has 6 nitrogen and oxygen atoms in total. The standard InChI is InChI=1S/2C12H5F5N.C12H12N2O2.F6P.Ir/c2*13-8-2-3-9(10(14)5-8)11-4-1-7(6-18-11)12(15,16)17;1-15-9-3-5-13-11(7-9)12-8-10(16-2)4-6-14-12;1-7(2,3,4,5)6;/h2*1-2,4-6H;3-8H,1-2H3;;/q2*-1;;-1;+3. The SMILES string of the molecule is COc1ccnc(-c2cc(OC)ccn2)c1.F[P-](F)(F)(F)(F)F.Fc1c[c-]c(-c2ccc(C(F)(F)F)cn2)c(F)c1.Fc1c[c-]c(-c2ccc(C(F)(F)F)cn2)c(F)c1.[Ir+3]. The molecule has 324 valence electrons. The Morgan fingerprint density at radius 2 is 0.833 bits per heavy atom. The number of aromatic nitrogens is 4. The first-order valence-electron chi connectivity index (χ1n) is 15.4. The van der Waals surface area contributed by atoms with Crippen LogP contribution in [-0.2, 0) is 32.5 Å². The third-order valence-electron chi connectivity index (χ3n) is 6.61. The summed E-state index contributed by atoms with van der Waals surface area (Å²) in [4.78, 5) is 15.5. The van der Waals surface area contributed by atoms with E-state index in [0.29, 0.717) is 24.5 Å². The molecule has 24 heteroatoms. The first-order chi connectivity index (χ1) is 27.0. The predicted octanol–water partition coefficient (Wildman–Crippen LogP) is 13.2. The minimum absolute atomic E-state index is 0. The number of rotatable bonds is 5. The fourth-order valence-electron chi connectivity index (χ4n) is 4.06. The van der Waals surface area contributed by atoms with Gasteiger partial charge in [0.15, 0.2) is 0 Å². The van der Waals surface area contributed by atoms with Gasteiger partial charge in [-0.3, -0.25) is 27.5 Å². The van der Waals surface area contributed by atoms with Crippen LogP contribution in [0.5, 0.6) is 11.5 Å². The van der Waals surface area contributed by atoms with Crippen LogP contribution in [0.3, 0.4) is 0 Å². The second kappa shape index (κ2) is 19.3. The van der Waals surface area contributed by atoms with Crippen LogP contribution in [0.15, 0.2) is 97.6 Å². The topological polar surface area (TPSA) is 70.0 Å².